The molecular weight excluding hydrogens is 296 g/mol. The Morgan fingerprint density at radius 3 is 2.33 bits per heavy atom. The third-order valence-electron chi connectivity index (χ3n) is 3.83. The molecule has 0 radical (unpaired) electrons. The van der Waals surface area contributed by atoms with Gasteiger partial charge in [0.2, 0.25) is 0 Å². The number of nitrogens with zero attached hydrogens (tertiary/aromatic N) is 3. The maximum Gasteiger partial charge on any atom is 0.128 e. The highest BCUT2D eigenvalue weighted by Gasteiger charge is 2.08. The average molecular weight is 318 g/mol. The largest absolute Gasteiger partial charge is 0.351 e. The van der Waals surface area contributed by atoms with Crippen LogP contribution < -0.4 is 10.2 Å². The zero-order chi connectivity index (χ0) is 16.5. The Kier molecular flexibility index (Phi) is 5.92. The quantitative estimate of drug-likeness (QED) is 0.647. The predicted molar refractivity (Wildman–Crippen MR) is 97.7 cm³/mol. The molecule has 2 aromatic heterocycles. The average Bonchev–Trinajstić information content (AvgIpc) is 2.66. The van der Waals surface area contributed by atoms with Gasteiger partial charge in [-0.25, -0.2) is 4.98 Å². The predicted octanol–water partition coefficient (Wildman–Crippen LogP) is 3.27. The summed E-state index contributed by atoms with van der Waals surface area (Å²) in [4.78, 5) is 10.8. The molecule has 0 aliphatic rings. The van der Waals surface area contributed by atoms with E-state index >= 15 is 0 Å². The Balaban J connectivity index is 1.58. The van der Waals surface area contributed by atoms with Crippen LogP contribution in [0.1, 0.15) is 11.1 Å². The van der Waals surface area contributed by atoms with Crippen LogP contribution in [0, 0.1) is 0 Å². The standard InChI is InChI=1S/C20H22N4/c1-2-6-19(7-3-1)17-24(20-8-4-5-11-23-20)15-14-22-16-18-9-12-21-13-10-18/h1-13,22H,14-17H2. The van der Waals surface area contributed by atoms with Crippen molar-refractivity contribution in [2.24, 2.45) is 0 Å². The van der Waals surface area contributed by atoms with Crippen LogP contribution in [0.2, 0.25) is 0 Å². The van der Waals surface area contributed by atoms with Crippen LogP contribution in [-0.4, -0.2) is 23.1 Å². The van der Waals surface area contributed by atoms with Gasteiger partial charge in [-0.15, -0.1) is 0 Å². The zero-order valence-electron chi connectivity index (χ0n) is 13.7. The van der Waals surface area contributed by atoms with Gasteiger partial charge in [-0.1, -0.05) is 36.4 Å². The number of hydrogen-bond acceptors (Lipinski definition) is 4. The zero-order valence-corrected chi connectivity index (χ0v) is 13.7. The molecular formula is C20H22N4. The van der Waals surface area contributed by atoms with Crippen molar-refractivity contribution in [3.8, 4) is 0 Å². The summed E-state index contributed by atoms with van der Waals surface area (Å²) in [6.07, 6.45) is 5.50. The van der Waals surface area contributed by atoms with Gasteiger partial charge in [-0.3, -0.25) is 4.98 Å². The summed E-state index contributed by atoms with van der Waals surface area (Å²) in [5.41, 5.74) is 2.54. The lowest BCUT2D eigenvalue weighted by atomic mass is 10.2. The first-order valence-corrected chi connectivity index (χ1v) is 8.21. The summed E-state index contributed by atoms with van der Waals surface area (Å²) in [6, 6.07) is 20.6. The third kappa shape index (κ3) is 4.89. The molecule has 0 aliphatic carbocycles. The van der Waals surface area contributed by atoms with E-state index < -0.39 is 0 Å². The Morgan fingerprint density at radius 2 is 1.58 bits per heavy atom. The number of anilines is 1. The fourth-order valence-electron chi connectivity index (χ4n) is 2.57. The van der Waals surface area contributed by atoms with Crippen LogP contribution in [0.15, 0.2) is 79.3 Å². The van der Waals surface area contributed by atoms with E-state index in [2.05, 4.69) is 50.5 Å². The first-order valence-electron chi connectivity index (χ1n) is 8.21. The first-order chi connectivity index (χ1) is 11.9. The lowest BCUT2D eigenvalue weighted by molar-refractivity contribution is 0.653. The Labute approximate surface area is 143 Å². The second-order valence-corrected chi connectivity index (χ2v) is 5.63. The lowest BCUT2D eigenvalue weighted by Crippen LogP contribution is -2.32. The van der Waals surface area contributed by atoms with Gasteiger partial charge in [-0.05, 0) is 35.4 Å². The van der Waals surface area contributed by atoms with Gasteiger partial charge in [0.25, 0.3) is 0 Å². The van der Waals surface area contributed by atoms with Crippen LogP contribution in [0.4, 0.5) is 5.82 Å². The molecule has 0 amide bonds. The highest BCUT2D eigenvalue weighted by Crippen LogP contribution is 2.13. The molecule has 0 spiro atoms. The summed E-state index contributed by atoms with van der Waals surface area (Å²) in [5.74, 6) is 1.01. The van der Waals surface area contributed by atoms with Crippen molar-refractivity contribution in [1.82, 2.24) is 15.3 Å². The number of hydrogen-bond donors (Lipinski definition) is 1. The molecule has 0 atom stereocenters. The van der Waals surface area contributed by atoms with Crippen molar-refractivity contribution in [3.63, 3.8) is 0 Å². The van der Waals surface area contributed by atoms with E-state index in [-0.39, 0.29) is 0 Å². The maximum atomic E-state index is 4.50. The molecule has 122 valence electrons. The van der Waals surface area contributed by atoms with E-state index in [0.717, 1.165) is 32.0 Å². The normalized spacial score (nSPS) is 10.5. The van der Waals surface area contributed by atoms with E-state index in [1.165, 1.54) is 11.1 Å². The highest BCUT2D eigenvalue weighted by molar-refractivity contribution is 5.39. The van der Waals surface area contributed by atoms with Crippen LogP contribution >= 0.6 is 0 Å². The van der Waals surface area contributed by atoms with Gasteiger partial charge in [0.15, 0.2) is 0 Å². The van der Waals surface area contributed by atoms with Crippen molar-refractivity contribution in [1.29, 1.82) is 0 Å². The fraction of sp³-hybridized carbons (Fsp3) is 0.200. The Morgan fingerprint density at radius 1 is 0.792 bits per heavy atom. The Hall–Kier alpha value is -2.72. The van der Waals surface area contributed by atoms with Gasteiger partial charge < -0.3 is 10.2 Å². The molecule has 1 aromatic carbocycles. The summed E-state index contributed by atoms with van der Waals surface area (Å²) in [6.45, 7) is 3.50. The molecule has 0 aliphatic heterocycles. The summed E-state index contributed by atoms with van der Waals surface area (Å²) in [7, 11) is 0. The minimum absolute atomic E-state index is 0.851. The summed E-state index contributed by atoms with van der Waals surface area (Å²) in [5, 5.41) is 3.49. The van der Waals surface area contributed by atoms with E-state index in [0.29, 0.717) is 0 Å². The van der Waals surface area contributed by atoms with Gasteiger partial charge in [-0.2, -0.15) is 0 Å². The van der Waals surface area contributed by atoms with E-state index in [1.54, 1.807) is 0 Å². The first kappa shape index (κ1) is 16.1. The van der Waals surface area contributed by atoms with Crippen molar-refractivity contribution < 1.29 is 0 Å². The maximum absolute atomic E-state index is 4.50. The minimum atomic E-state index is 0.851. The van der Waals surface area contributed by atoms with E-state index in [4.69, 9.17) is 0 Å². The molecule has 3 rings (SSSR count). The van der Waals surface area contributed by atoms with Crippen molar-refractivity contribution in [3.05, 3.63) is 90.4 Å². The Bertz CT molecular complexity index is 701. The molecule has 2 heterocycles. The SMILES string of the molecule is c1ccc(CN(CCNCc2ccncc2)c2ccccn2)cc1. The van der Waals surface area contributed by atoms with E-state index in [9.17, 15) is 0 Å². The van der Waals surface area contributed by atoms with Gasteiger partial charge >= 0.3 is 0 Å². The highest BCUT2D eigenvalue weighted by atomic mass is 15.2. The van der Waals surface area contributed by atoms with Gasteiger partial charge in [0.1, 0.15) is 5.82 Å². The third-order valence-corrected chi connectivity index (χ3v) is 3.83. The molecule has 0 saturated heterocycles. The topological polar surface area (TPSA) is 41.0 Å². The summed E-state index contributed by atoms with van der Waals surface area (Å²) >= 11 is 0. The summed E-state index contributed by atoms with van der Waals surface area (Å²) < 4.78 is 0. The number of rotatable bonds is 8. The number of nitrogens with one attached hydrogen (secondary N) is 1. The molecule has 0 bridgehead atoms. The molecule has 0 unspecified atom stereocenters. The van der Waals surface area contributed by atoms with Crippen LogP contribution in [0.25, 0.3) is 0 Å². The molecule has 3 aromatic rings. The van der Waals surface area contributed by atoms with Crippen LogP contribution in [0.5, 0.6) is 0 Å². The van der Waals surface area contributed by atoms with Crippen LogP contribution in [0.3, 0.4) is 0 Å². The number of pyridine rings is 2. The second-order valence-electron chi connectivity index (χ2n) is 5.63. The molecule has 0 fully saturated rings. The molecule has 24 heavy (non-hydrogen) atoms. The van der Waals surface area contributed by atoms with Crippen molar-refractivity contribution in [2.45, 2.75) is 13.1 Å². The number of aromatic nitrogens is 2. The van der Waals surface area contributed by atoms with Crippen molar-refractivity contribution >= 4 is 5.82 Å². The molecule has 1 N–H and O–H groups in total. The molecule has 4 heteroatoms. The monoisotopic (exact) mass is 318 g/mol. The molecule has 4 nitrogen and oxygen atoms in total. The number of benzene rings is 1. The lowest BCUT2D eigenvalue weighted by Gasteiger charge is -2.24. The fourth-order valence-corrected chi connectivity index (χ4v) is 2.57. The van der Waals surface area contributed by atoms with Gasteiger partial charge in [0.05, 0.1) is 0 Å². The van der Waals surface area contributed by atoms with Gasteiger partial charge in [0, 0.05) is 44.8 Å². The smallest absolute Gasteiger partial charge is 0.128 e. The van der Waals surface area contributed by atoms with Crippen LogP contribution in [-0.2, 0) is 13.1 Å². The minimum Gasteiger partial charge on any atom is -0.351 e. The van der Waals surface area contributed by atoms with Crippen molar-refractivity contribution in [2.75, 3.05) is 18.0 Å². The molecule has 0 saturated carbocycles. The second kappa shape index (κ2) is 8.79. The van der Waals surface area contributed by atoms with E-state index in [1.807, 2.05) is 48.9 Å².